The fourth-order valence-electron chi connectivity index (χ4n) is 2.43. The number of methoxy groups -OCH3 is 1. The lowest BCUT2D eigenvalue weighted by molar-refractivity contribution is 0.0932. The molecule has 1 atom stereocenters. The van der Waals surface area contributed by atoms with E-state index in [-0.39, 0.29) is 11.9 Å². The van der Waals surface area contributed by atoms with Crippen molar-refractivity contribution in [2.75, 3.05) is 7.11 Å². The second kappa shape index (κ2) is 8.34. The molecule has 1 unspecified atom stereocenters. The Kier molecular flexibility index (Phi) is 6.45. The van der Waals surface area contributed by atoms with Crippen LogP contribution in [0.5, 0.6) is 5.75 Å². The first-order chi connectivity index (χ1) is 11.0. The fourth-order valence-corrected chi connectivity index (χ4v) is 2.79. The minimum atomic E-state index is -0.0390. The number of halogens is 1. The van der Waals surface area contributed by atoms with E-state index in [9.17, 15) is 4.79 Å². The standard InChI is InChI=1S/C19H22INO2/c1-13(2)12-18(14-6-10-17(23-3)11-7-14)21-19(22)15-4-8-16(20)9-5-15/h4-11,13,18H,12H2,1-3H3,(H,21,22). The number of nitrogens with one attached hydrogen (secondary N) is 1. The Morgan fingerprint density at radius 3 is 2.22 bits per heavy atom. The van der Waals surface area contributed by atoms with Gasteiger partial charge in [0.1, 0.15) is 5.75 Å². The Morgan fingerprint density at radius 1 is 1.09 bits per heavy atom. The van der Waals surface area contributed by atoms with Gasteiger partial charge in [-0.05, 0) is 76.9 Å². The number of hydrogen-bond acceptors (Lipinski definition) is 2. The van der Waals surface area contributed by atoms with Crippen LogP contribution in [0.15, 0.2) is 48.5 Å². The number of carbonyl (C=O) groups excluding carboxylic acids is 1. The summed E-state index contributed by atoms with van der Waals surface area (Å²) in [6.07, 6.45) is 0.891. The van der Waals surface area contributed by atoms with Crippen molar-refractivity contribution in [3.8, 4) is 5.75 Å². The van der Waals surface area contributed by atoms with Gasteiger partial charge in [0, 0.05) is 9.13 Å². The van der Waals surface area contributed by atoms with Crippen LogP contribution in [-0.4, -0.2) is 13.0 Å². The van der Waals surface area contributed by atoms with Gasteiger partial charge in [-0.25, -0.2) is 0 Å². The Bertz CT molecular complexity index is 635. The van der Waals surface area contributed by atoms with Gasteiger partial charge in [-0.2, -0.15) is 0 Å². The van der Waals surface area contributed by atoms with E-state index in [2.05, 4.69) is 41.8 Å². The predicted octanol–water partition coefficient (Wildman–Crippen LogP) is 4.82. The van der Waals surface area contributed by atoms with Gasteiger partial charge in [-0.1, -0.05) is 26.0 Å². The number of ether oxygens (including phenoxy) is 1. The minimum Gasteiger partial charge on any atom is -0.497 e. The molecule has 0 aliphatic carbocycles. The molecule has 0 saturated heterocycles. The molecule has 3 nitrogen and oxygen atoms in total. The molecule has 4 heteroatoms. The quantitative estimate of drug-likeness (QED) is 0.677. The van der Waals surface area contributed by atoms with Crippen LogP contribution in [0.1, 0.15) is 42.2 Å². The summed E-state index contributed by atoms with van der Waals surface area (Å²) in [5, 5.41) is 3.16. The molecule has 2 rings (SSSR count). The molecule has 0 spiro atoms. The van der Waals surface area contributed by atoms with Gasteiger partial charge in [0.2, 0.25) is 0 Å². The van der Waals surface area contributed by atoms with E-state index in [1.807, 2.05) is 48.5 Å². The van der Waals surface area contributed by atoms with Crippen molar-refractivity contribution in [2.24, 2.45) is 5.92 Å². The van der Waals surface area contributed by atoms with Crippen molar-refractivity contribution < 1.29 is 9.53 Å². The number of rotatable bonds is 6. The van der Waals surface area contributed by atoms with Gasteiger partial charge in [0.15, 0.2) is 0 Å². The SMILES string of the molecule is COc1ccc(C(CC(C)C)NC(=O)c2ccc(I)cc2)cc1. The van der Waals surface area contributed by atoms with Crippen LogP contribution in [0.25, 0.3) is 0 Å². The van der Waals surface area contributed by atoms with Crippen molar-refractivity contribution in [2.45, 2.75) is 26.3 Å². The van der Waals surface area contributed by atoms with E-state index in [1.165, 1.54) is 0 Å². The molecule has 0 aliphatic heterocycles. The summed E-state index contributed by atoms with van der Waals surface area (Å²) in [6.45, 7) is 4.32. The smallest absolute Gasteiger partial charge is 0.251 e. The molecule has 2 aromatic rings. The normalized spacial score (nSPS) is 12.0. The zero-order chi connectivity index (χ0) is 16.8. The van der Waals surface area contributed by atoms with E-state index in [4.69, 9.17) is 4.74 Å². The average molecular weight is 423 g/mol. The largest absolute Gasteiger partial charge is 0.497 e. The Morgan fingerprint density at radius 2 is 1.70 bits per heavy atom. The monoisotopic (exact) mass is 423 g/mol. The average Bonchev–Trinajstić information content (AvgIpc) is 2.54. The molecule has 1 amide bonds. The molecule has 122 valence electrons. The first kappa shape index (κ1) is 17.8. The fraction of sp³-hybridized carbons (Fsp3) is 0.316. The van der Waals surface area contributed by atoms with Crippen molar-refractivity contribution in [3.63, 3.8) is 0 Å². The molecule has 0 aromatic heterocycles. The van der Waals surface area contributed by atoms with Crippen LogP contribution in [0.2, 0.25) is 0 Å². The molecular weight excluding hydrogens is 401 g/mol. The number of hydrogen-bond donors (Lipinski definition) is 1. The number of carbonyl (C=O) groups is 1. The van der Waals surface area contributed by atoms with Gasteiger partial charge in [0.25, 0.3) is 5.91 Å². The molecule has 0 fully saturated rings. The maximum absolute atomic E-state index is 12.5. The summed E-state index contributed by atoms with van der Waals surface area (Å²) in [5.74, 6) is 1.27. The lowest BCUT2D eigenvalue weighted by Gasteiger charge is -2.21. The second-order valence-corrected chi connectivity index (χ2v) is 7.18. The summed E-state index contributed by atoms with van der Waals surface area (Å²) in [5.41, 5.74) is 1.78. The van der Waals surface area contributed by atoms with Crippen LogP contribution in [-0.2, 0) is 0 Å². The summed E-state index contributed by atoms with van der Waals surface area (Å²) >= 11 is 2.23. The van der Waals surface area contributed by atoms with Gasteiger partial charge in [-0.3, -0.25) is 4.79 Å². The highest BCUT2D eigenvalue weighted by molar-refractivity contribution is 14.1. The van der Waals surface area contributed by atoms with E-state index in [0.29, 0.717) is 11.5 Å². The first-order valence-corrected chi connectivity index (χ1v) is 8.78. The van der Waals surface area contributed by atoms with Gasteiger partial charge >= 0.3 is 0 Å². The van der Waals surface area contributed by atoms with Crippen LogP contribution in [0.4, 0.5) is 0 Å². The number of benzene rings is 2. The van der Waals surface area contributed by atoms with Gasteiger partial charge in [0.05, 0.1) is 13.2 Å². The molecule has 23 heavy (non-hydrogen) atoms. The van der Waals surface area contributed by atoms with Gasteiger partial charge < -0.3 is 10.1 Å². The van der Waals surface area contributed by atoms with E-state index in [0.717, 1.165) is 21.3 Å². The third kappa shape index (κ3) is 5.23. The highest BCUT2D eigenvalue weighted by Crippen LogP contribution is 2.24. The van der Waals surface area contributed by atoms with Crippen LogP contribution in [0, 0.1) is 9.49 Å². The summed E-state index contributed by atoms with van der Waals surface area (Å²) in [6, 6.07) is 15.5. The van der Waals surface area contributed by atoms with E-state index >= 15 is 0 Å². The Labute approximate surface area is 151 Å². The van der Waals surface area contributed by atoms with Crippen molar-refractivity contribution in [1.29, 1.82) is 0 Å². The third-order valence-electron chi connectivity index (χ3n) is 3.64. The lowest BCUT2D eigenvalue weighted by Crippen LogP contribution is -2.29. The molecule has 0 heterocycles. The molecule has 0 saturated carbocycles. The van der Waals surface area contributed by atoms with Crippen molar-refractivity contribution >= 4 is 28.5 Å². The summed E-state index contributed by atoms with van der Waals surface area (Å²) < 4.78 is 6.32. The Hall–Kier alpha value is -1.56. The zero-order valence-corrected chi connectivity index (χ0v) is 15.8. The third-order valence-corrected chi connectivity index (χ3v) is 4.36. The first-order valence-electron chi connectivity index (χ1n) is 7.70. The summed E-state index contributed by atoms with van der Waals surface area (Å²) in [7, 11) is 1.65. The zero-order valence-electron chi connectivity index (χ0n) is 13.7. The highest BCUT2D eigenvalue weighted by Gasteiger charge is 2.17. The summed E-state index contributed by atoms with van der Waals surface area (Å²) in [4.78, 5) is 12.5. The maximum Gasteiger partial charge on any atom is 0.251 e. The lowest BCUT2D eigenvalue weighted by atomic mass is 9.96. The topological polar surface area (TPSA) is 38.3 Å². The predicted molar refractivity (Wildman–Crippen MR) is 102 cm³/mol. The number of amides is 1. The van der Waals surface area contributed by atoms with Crippen LogP contribution < -0.4 is 10.1 Å². The highest BCUT2D eigenvalue weighted by atomic mass is 127. The van der Waals surface area contributed by atoms with Gasteiger partial charge in [-0.15, -0.1) is 0 Å². The molecular formula is C19H22INO2. The molecule has 0 aliphatic rings. The van der Waals surface area contributed by atoms with Crippen molar-refractivity contribution in [1.82, 2.24) is 5.32 Å². The van der Waals surface area contributed by atoms with E-state index in [1.54, 1.807) is 7.11 Å². The molecule has 2 aromatic carbocycles. The molecule has 0 bridgehead atoms. The maximum atomic E-state index is 12.5. The Balaban J connectivity index is 2.17. The van der Waals surface area contributed by atoms with Crippen LogP contribution >= 0.6 is 22.6 Å². The second-order valence-electron chi connectivity index (χ2n) is 5.94. The minimum absolute atomic E-state index is 0.00677. The molecule has 0 radical (unpaired) electrons. The van der Waals surface area contributed by atoms with Crippen molar-refractivity contribution in [3.05, 3.63) is 63.2 Å². The molecule has 1 N–H and O–H groups in total. The van der Waals surface area contributed by atoms with Crippen LogP contribution in [0.3, 0.4) is 0 Å². The van der Waals surface area contributed by atoms with E-state index < -0.39 is 0 Å².